The minimum atomic E-state index is 0.304. The number of methoxy groups -OCH3 is 1. The maximum absolute atomic E-state index is 6.05. The zero-order chi connectivity index (χ0) is 12.1. The van der Waals surface area contributed by atoms with Gasteiger partial charge in [-0.25, -0.2) is 0 Å². The zero-order valence-electron chi connectivity index (χ0n) is 10.6. The molecule has 0 bridgehead atoms. The van der Waals surface area contributed by atoms with E-state index in [0.29, 0.717) is 18.8 Å². The summed E-state index contributed by atoms with van der Waals surface area (Å²) in [5.41, 5.74) is 1.16. The maximum atomic E-state index is 6.05. The van der Waals surface area contributed by atoms with Gasteiger partial charge in [0.25, 0.3) is 0 Å². The van der Waals surface area contributed by atoms with Crippen LogP contribution >= 0.6 is 0 Å². The van der Waals surface area contributed by atoms with E-state index < -0.39 is 0 Å². The highest BCUT2D eigenvalue weighted by atomic mass is 16.5. The summed E-state index contributed by atoms with van der Waals surface area (Å²) in [5.74, 6) is 0.951. The Balaban J connectivity index is 2.00. The largest absolute Gasteiger partial charge is 0.489 e. The Morgan fingerprint density at radius 1 is 1.35 bits per heavy atom. The van der Waals surface area contributed by atoms with Gasteiger partial charge in [0, 0.05) is 13.2 Å². The first-order valence-corrected chi connectivity index (χ1v) is 6.25. The molecule has 17 heavy (non-hydrogen) atoms. The van der Waals surface area contributed by atoms with Gasteiger partial charge in [-0.05, 0) is 44.0 Å². The Labute approximate surface area is 103 Å². The van der Waals surface area contributed by atoms with Gasteiger partial charge in [0.15, 0.2) is 0 Å². The molecule has 1 saturated carbocycles. The van der Waals surface area contributed by atoms with Crippen LogP contribution in [0.25, 0.3) is 0 Å². The van der Waals surface area contributed by atoms with Crippen LogP contribution in [-0.4, -0.2) is 26.3 Å². The Morgan fingerprint density at radius 2 is 2.24 bits per heavy atom. The molecule has 0 radical (unpaired) electrons. The normalized spacial score (nSPS) is 23.9. The van der Waals surface area contributed by atoms with E-state index in [1.807, 2.05) is 19.2 Å². The number of benzene rings is 1. The van der Waals surface area contributed by atoms with Crippen LogP contribution in [0.4, 0.5) is 0 Å². The molecule has 94 valence electrons. The second-order valence-electron chi connectivity index (χ2n) is 4.56. The molecule has 1 fully saturated rings. The van der Waals surface area contributed by atoms with Crippen LogP contribution in [-0.2, 0) is 11.3 Å². The Kier molecular flexibility index (Phi) is 4.40. The minimum Gasteiger partial charge on any atom is -0.489 e. The molecule has 2 atom stereocenters. The van der Waals surface area contributed by atoms with Crippen LogP contribution in [0, 0.1) is 0 Å². The van der Waals surface area contributed by atoms with Crippen molar-refractivity contribution in [2.75, 3.05) is 14.2 Å². The Morgan fingerprint density at radius 3 is 3.00 bits per heavy atom. The van der Waals surface area contributed by atoms with E-state index in [4.69, 9.17) is 9.47 Å². The summed E-state index contributed by atoms with van der Waals surface area (Å²) >= 11 is 0. The van der Waals surface area contributed by atoms with E-state index >= 15 is 0 Å². The van der Waals surface area contributed by atoms with Crippen LogP contribution in [0.15, 0.2) is 24.3 Å². The molecule has 2 rings (SSSR count). The van der Waals surface area contributed by atoms with E-state index in [9.17, 15) is 0 Å². The molecular formula is C14H21NO2. The molecular weight excluding hydrogens is 214 g/mol. The molecule has 0 amide bonds. The van der Waals surface area contributed by atoms with Crippen molar-refractivity contribution >= 4 is 0 Å². The van der Waals surface area contributed by atoms with E-state index in [-0.39, 0.29) is 0 Å². The highest BCUT2D eigenvalue weighted by Crippen LogP contribution is 2.25. The lowest BCUT2D eigenvalue weighted by Crippen LogP contribution is -2.36. The third-order valence-corrected chi connectivity index (χ3v) is 3.32. The third-order valence-electron chi connectivity index (χ3n) is 3.32. The van der Waals surface area contributed by atoms with Gasteiger partial charge in [0.1, 0.15) is 11.9 Å². The van der Waals surface area contributed by atoms with E-state index in [1.54, 1.807) is 7.11 Å². The second-order valence-corrected chi connectivity index (χ2v) is 4.56. The molecule has 1 aromatic rings. The van der Waals surface area contributed by atoms with Crippen molar-refractivity contribution in [3.05, 3.63) is 29.8 Å². The highest BCUT2D eigenvalue weighted by Gasteiger charge is 2.27. The number of hydrogen-bond acceptors (Lipinski definition) is 3. The SMILES string of the molecule is CNC1CCCC1Oc1cccc(COC)c1. The lowest BCUT2D eigenvalue weighted by Gasteiger charge is -2.21. The number of hydrogen-bond donors (Lipinski definition) is 1. The van der Waals surface area contributed by atoms with E-state index in [2.05, 4.69) is 17.4 Å². The average Bonchev–Trinajstić information content (AvgIpc) is 2.77. The highest BCUT2D eigenvalue weighted by molar-refractivity contribution is 5.28. The molecule has 1 N–H and O–H groups in total. The van der Waals surface area contributed by atoms with Crippen LogP contribution < -0.4 is 10.1 Å². The van der Waals surface area contributed by atoms with Gasteiger partial charge in [-0.3, -0.25) is 0 Å². The summed E-state index contributed by atoms with van der Waals surface area (Å²) in [6.07, 6.45) is 3.89. The van der Waals surface area contributed by atoms with Crippen molar-refractivity contribution in [1.82, 2.24) is 5.32 Å². The minimum absolute atomic E-state index is 0.304. The molecule has 0 heterocycles. The lowest BCUT2D eigenvalue weighted by molar-refractivity contribution is 0.174. The number of likely N-dealkylation sites (N-methyl/N-ethyl adjacent to an activating group) is 1. The topological polar surface area (TPSA) is 30.5 Å². The molecule has 1 aromatic carbocycles. The number of ether oxygens (including phenoxy) is 2. The van der Waals surface area contributed by atoms with Crippen LogP contribution in [0.5, 0.6) is 5.75 Å². The summed E-state index contributed by atoms with van der Waals surface area (Å²) < 4.78 is 11.2. The summed E-state index contributed by atoms with van der Waals surface area (Å²) in [6.45, 7) is 0.636. The molecule has 0 saturated heterocycles. The summed E-state index contributed by atoms with van der Waals surface area (Å²) in [4.78, 5) is 0. The monoisotopic (exact) mass is 235 g/mol. The summed E-state index contributed by atoms with van der Waals surface area (Å²) in [6, 6.07) is 8.65. The van der Waals surface area contributed by atoms with Crippen LogP contribution in [0.2, 0.25) is 0 Å². The average molecular weight is 235 g/mol. The molecule has 3 heteroatoms. The predicted octanol–water partition coefficient (Wildman–Crippen LogP) is 2.35. The van der Waals surface area contributed by atoms with Crippen molar-refractivity contribution in [2.24, 2.45) is 0 Å². The van der Waals surface area contributed by atoms with Crippen molar-refractivity contribution in [1.29, 1.82) is 0 Å². The molecule has 0 spiro atoms. The van der Waals surface area contributed by atoms with Gasteiger partial charge in [0.2, 0.25) is 0 Å². The van der Waals surface area contributed by atoms with Crippen molar-refractivity contribution in [3.8, 4) is 5.75 Å². The Hall–Kier alpha value is -1.06. The predicted molar refractivity (Wildman–Crippen MR) is 68.3 cm³/mol. The second kappa shape index (κ2) is 6.03. The van der Waals surface area contributed by atoms with Gasteiger partial charge in [-0.15, -0.1) is 0 Å². The van der Waals surface area contributed by atoms with Gasteiger partial charge in [0.05, 0.1) is 6.61 Å². The van der Waals surface area contributed by atoms with Crippen molar-refractivity contribution < 1.29 is 9.47 Å². The van der Waals surface area contributed by atoms with Crippen molar-refractivity contribution in [3.63, 3.8) is 0 Å². The summed E-state index contributed by atoms with van der Waals surface area (Å²) in [5, 5.41) is 3.32. The molecule has 1 aliphatic carbocycles. The first kappa shape index (κ1) is 12.4. The fourth-order valence-corrected chi connectivity index (χ4v) is 2.45. The van der Waals surface area contributed by atoms with E-state index in [0.717, 1.165) is 17.7 Å². The fraction of sp³-hybridized carbons (Fsp3) is 0.571. The van der Waals surface area contributed by atoms with E-state index in [1.165, 1.54) is 12.8 Å². The molecule has 0 aromatic heterocycles. The Bertz CT molecular complexity index is 354. The first-order chi connectivity index (χ1) is 8.33. The third kappa shape index (κ3) is 3.20. The van der Waals surface area contributed by atoms with Gasteiger partial charge >= 0.3 is 0 Å². The van der Waals surface area contributed by atoms with Crippen LogP contribution in [0.1, 0.15) is 24.8 Å². The molecule has 0 aliphatic heterocycles. The van der Waals surface area contributed by atoms with Gasteiger partial charge < -0.3 is 14.8 Å². The lowest BCUT2D eigenvalue weighted by atomic mass is 10.2. The first-order valence-electron chi connectivity index (χ1n) is 6.25. The van der Waals surface area contributed by atoms with Gasteiger partial charge in [-0.1, -0.05) is 12.1 Å². The number of rotatable bonds is 5. The quantitative estimate of drug-likeness (QED) is 0.850. The molecule has 1 aliphatic rings. The molecule has 3 nitrogen and oxygen atoms in total. The number of nitrogens with one attached hydrogen (secondary N) is 1. The summed E-state index contributed by atoms with van der Waals surface area (Å²) in [7, 11) is 3.72. The standard InChI is InChI=1S/C14H21NO2/c1-15-13-7-4-8-14(13)17-12-6-3-5-11(9-12)10-16-2/h3,5-6,9,13-15H,4,7-8,10H2,1-2H3. The molecule has 2 unspecified atom stereocenters. The fourth-order valence-electron chi connectivity index (χ4n) is 2.45. The maximum Gasteiger partial charge on any atom is 0.120 e. The smallest absolute Gasteiger partial charge is 0.120 e. The van der Waals surface area contributed by atoms with Gasteiger partial charge in [-0.2, -0.15) is 0 Å². The van der Waals surface area contributed by atoms with Crippen LogP contribution in [0.3, 0.4) is 0 Å². The van der Waals surface area contributed by atoms with Crippen molar-refractivity contribution in [2.45, 2.75) is 38.0 Å². The zero-order valence-corrected chi connectivity index (χ0v) is 10.6.